The minimum absolute atomic E-state index is 0.00463. The van der Waals surface area contributed by atoms with E-state index in [1.807, 2.05) is 0 Å². The van der Waals surface area contributed by atoms with Crippen molar-refractivity contribution in [3.63, 3.8) is 0 Å². The van der Waals surface area contributed by atoms with Crippen molar-refractivity contribution >= 4 is 11.7 Å². The van der Waals surface area contributed by atoms with Gasteiger partial charge in [0.2, 0.25) is 0 Å². The molecule has 0 radical (unpaired) electrons. The molecular weight excluding hydrogens is 146 g/mol. The molecule has 0 spiro atoms. The van der Waals surface area contributed by atoms with E-state index in [1.165, 1.54) is 0 Å². The van der Waals surface area contributed by atoms with Crippen LogP contribution in [0.3, 0.4) is 0 Å². The van der Waals surface area contributed by atoms with Crippen LogP contribution in [0.1, 0.15) is 13.8 Å². The molecule has 0 bridgehead atoms. The highest BCUT2D eigenvalue weighted by Gasteiger charge is 2.02. The molecule has 11 heavy (non-hydrogen) atoms. The summed E-state index contributed by atoms with van der Waals surface area (Å²) in [5.74, 6) is -1.06. The minimum Gasteiger partial charge on any atom is -0.478 e. The van der Waals surface area contributed by atoms with Crippen molar-refractivity contribution in [2.75, 3.05) is 6.61 Å². The molecule has 0 unspecified atom stereocenters. The van der Waals surface area contributed by atoms with E-state index in [0.29, 0.717) is 0 Å². The summed E-state index contributed by atoms with van der Waals surface area (Å²) in [6, 6.07) is 0. The quantitative estimate of drug-likeness (QED) is 0.377. The zero-order valence-corrected chi connectivity index (χ0v) is 6.63. The summed E-state index contributed by atoms with van der Waals surface area (Å²) < 4.78 is 0. The van der Waals surface area contributed by atoms with Gasteiger partial charge in [0.05, 0.1) is 11.3 Å². The molecule has 0 atom stereocenters. The maximum atomic E-state index is 10.1. The molecule has 62 valence electrons. The van der Waals surface area contributed by atoms with Gasteiger partial charge in [-0.3, -0.25) is 0 Å². The number of carboxylic acids is 1. The summed E-state index contributed by atoms with van der Waals surface area (Å²) in [6.45, 7) is 6.70. The normalized spacial score (nSPS) is 8.55. The molecule has 0 rings (SSSR count). The number of hydrogen-bond acceptors (Lipinski definition) is 3. The first-order chi connectivity index (χ1) is 5.04. The molecule has 0 saturated carbocycles. The third-order valence-electron chi connectivity index (χ3n) is 0.788. The lowest BCUT2D eigenvalue weighted by Crippen LogP contribution is -2.04. The molecule has 0 aromatic rings. The maximum Gasteiger partial charge on any atom is 0.334 e. The molecular formula is C7H11NO3. The van der Waals surface area contributed by atoms with Crippen LogP contribution in [-0.2, 0) is 9.63 Å². The predicted octanol–water partition coefficient (Wildman–Crippen LogP) is 1.04. The zero-order chi connectivity index (χ0) is 8.85. The SMILES string of the molecule is C=C(CON=C(C)C)C(=O)O. The summed E-state index contributed by atoms with van der Waals surface area (Å²) in [6.07, 6.45) is 0. The Hall–Kier alpha value is -1.32. The second kappa shape index (κ2) is 4.49. The highest BCUT2D eigenvalue weighted by molar-refractivity contribution is 5.86. The number of hydrogen-bond donors (Lipinski definition) is 1. The number of rotatable bonds is 4. The van der Waals surface area contributed by atoms with Crippen molar-refractivity contribution < 1.29 is 14.7 Å². The van der Waals surface area contributed by atoms with E-state index < -0.39 is 5.97 Å². The lowest BCUT2D eigenvalue weighted by Gasteiger charge is -1.97. The largest absolute Gasteiger partial charge is 0.478 e. The molecule has 4 heteroatoms. The van der Waals surface area contributed by atoms with Crippen LogP contribution in [-0.4, -0.2) is 23.4 Å². The van der Waals surface area contributed by atoms with Crippen LogP contribution in [0, 0.1) is 0 Å². The zero-order valence-electron chi connectivity index (χ0n) is 6.63. The van der Waals surface area contributed by atoms with Crippen LogP contribution in [0.5, 0.6) is 0 Å². The lowest BCUT2D eigenvalue weighted by atomic mass is 10.3. The lowest BCUT2D eigenvalue weighted by molar-refractivity contribution is -0.133. The average Bonchev–Trinajstić information content (AvgIpc) is 1.86. The van der Waals surface area contributed by atoms with Crippen molar-refractivity contribution in [3.05, 3.63) is 12.2 Å². The highest BCUT2D eigenvalue weighted by Crippen LogP contribution is 1.91. The van der Waals surface area contributed by atoms with Gasteiger partial charge in [-0.05, 0) is 13.8 Å². The van der Waals surface area contributed by atoms with Gasteiger partial charge in [0.15, 0.2) is 0 Å². The van der Waals surface area contributed by atoms with E-state index in [0.717, 1.165) is 5.71 Å². The Morgan fingerprint density at radius 1 is 1.64 bits per heavy atom. The molecule has 0 saturated heterocycles. The van der Waals surface area contributed by atoms with Gasteiger partial charge >= 0.3 is 5.97 Å². The van der Waals surface area contributed by atoms with Gasteiger partial charge in [-0.1, -0.05) is 11.7 Å². The Labute approximate surface area is 65.2 Å². The summed E-state index contributed by atoms with van der Waals surface area (Å²) in [7, 11) is 0. The molecule has 4 nitrogen and oxygen atoms in total. The first-order valence-corrected chi connectivity index (χ1v) is 3.08. The number of oxime groups is 1. The van der Waals surface area contributed by atoms with Crippen molar-refractivity contribution in [1.29, 1.82) is 0 Å². The van der Waals surface area contributed by atoms with Crippen LogP contribution >= 0.6 is 0 Å². The first kappa shape index (κ1) is 9.68. The van der Waals surface area contributed by atoms with E-state index in [1.54, 1.807) is 13.8 Å². The molecule has 0 aliphatic rings. The highest BCUT2D eigenvalue weighted by atomic mass is 16.6. The van der Waals surface area contributed by atoms with Gasteiger partial charge in [-0.2, -0.15) is 0 Å². The molecule has 0 aliphatic heterocycles. The molecule has 0 amide bonds. The van der Waals surface area contributed by atoms with E-state index >= 15 is 0 Å². The third kappa shape index (κ3) is 5.14. The average molecular weight is 157 g/mol. The second-order valence-corrected chi connectivity index (χ2v) is 2.22. The van der Waals surface area contributed by atoms with Gasteiger partial charge < -0.3 is 9.94 Å². The maximum absolute atomic E-state index is 10.1. The van der Waals surface area contributed by atoms with Gasteiger partial charge in [-0.25, -0.2) is 4.79 Å². The number of aliphatic carboxylic acids is 1. The van der Waals surface area contributed by atoms with Crippen molar-refractivity contribution in [3.8, 4) is 0 Å². The Balaban J connectivity index is 3.64. The smallest absolute Gasteiger partial charge is 0.334 e. The summed E-state index contributed by atoms with van der Waals surface area (Å²) in [4.78, 5) is 14.8. The fourth-order valence-corrected chi connectivity index (χ4v) is 0.301. The van der Waals surface area contributed by atoms with Gasteiger partial charge in [-0.15, -0.1) is 0 Å². The fourth-order valence-electron chi connectivity index (χ4n) is 0.301. The number of carboxylic acid groups (broad SMARTS) is 1. The van der Waals surface area contributed by atoms with Crippen LogP contribution in [0.25, 0.3) is 0 Å². The Morgan fingerprint density at radius 2 is 2.18 bits per heavy atom. The molecule has 0 aliphatic carbocycles. The van der Waals surface area contributed by atoms with Gasteiger partial charge in [0.25, 0.3) is 0 Å². The first-order valence-electron chi connectivity index (χ1n) is 3.08. The number of carbonyl (C=O) groups is 1. The van der Waals surface area contributed by atoms with Crippen molar-refractivity contribution in [2.24, 2.45) is 5.16 Å². The van der Waals surface area contributed by atoms with Crippen LogP contribution in [0.15, 0.2) is 17.3 Å². The van der Waals surface area contributed by atoms with Crippen LogP contribution in [0.4, 0.5) is 0 Å². The fraction of sp³-hybridized carbons (Fsp3) is 0.429. The van der Waals surface area contributed by atoms with E-state index in [4.69, 9.17) is 5.11 Å². The molecule has 0 fully saturated rings. The summed E-state index contributed by atoms with van der Waals surface area (Å²) >= 11 is 0. The van der Waals surface area contributed by atoms with Crippen LogP contribution < -0.4 is 0 Å². The third-order valence-corrected chi connectivity index (χ3v) is 0.788. The number of nitrogens with zero attached hydrogens (tertiary/aromatic N) is 1. The Bertz CT molecular complexity index is 192. The summed E-state index contributed by atoms with van der Waals surface area (Å²) in [5.41, 5.74) is 0.734. The predicted molar refractivity (Wildman–Crippen MR) is 41.5 cm³/mol. The van der Waals surface area contributed by atoms with E-state index in [2.05, 4.69) is 16.6 Å². The summed E-state index contributed by atoms with van der Waals surface area (Å²) in [5, 5.41) is 11.9. The minimum atomic E-state index is -1.06. The standard InChI is InChI=1S/C7H11NO3/c1-5(2)8-11-4-6(3)7(9)10/h3-4H2,1-2H3,(H,9,10). The van der Waals surface area contributed by atoms with Crippen molar-refractivity contribution in [2.45, 2.75) is 13.8 Å². The topological polar surface area (TPSA) is 58.9 Å². The van der Waals surface area contributed by atoms with Crippen molar-refractivity contribution in [1.82, 2.24) is 0 Å². The molecule has 0 heterocycles. The monoisotopic (exact) mass is 157 g/mol. The Morgan fingerprint density at radius 3 is 2.55 bits per heavy atom. The van der Waals surface area contributed by atoms with Gasteiger partial charge in [0, 0.05) is 0 Å². The van der Waals surface area contributed by atoms with E-state index in [-0.39, 0.29) is 12.2 Å². The molecule has 0 aromatic heterocycles. The molecule has 0 aromatic carbocycles. The molecule has 1 N–H and O–H groups in total. The van der Waals surface area contributed by atoms with Crippen LogP contribution in [0.2, 0.25) is 0 Å². The Kier molecular flexibility index (Phi) is 3.95. The van der Waals surface area contributed by atoms with E-state index in [9.17, 15) is 4.79 Å². The second-order valence-electron chi connectivity index (χ2n) is 2.22. The van der Waals surface area contributed by atoms with Gasteiger partial charge in [0.1, 0.15) is 6.61 Å².